The Kier molecular flexibility index (Phi) is 4.77. The molecule has 2 rings (SSSR count). The lowest BCUT2D eigenvalue weighted by molar-refractivity contribution is -0.143. The van der Waals surface area contributed by atoms with Gasteiger partial charge in [-0.3, -0.25) is 9.78 Å². The zero-order chi connectivity index (χ0) is 15.4. The maximum atomic E-state index is 12.3. The van der Waals surface area contributed by atoms with Crippen molar-refractivity contribution in [2.45, 2.75) is 38.8 Å². The maximum absolute atomic E-state index is 12.3. The van der Waals surface area contributed by atoms with E-state index in [0.29, 0.717) is 19.4 Å². The lowest BCUT2D eigenvalue weighted by Gasteiger charge is -2.36. The number of aromatic nitrogens is 1. The number of carbonyl (C=O) groups is 2. The second-order valence-corrected chi connectivity index (χ2v) is 5.53. The zero-order valence-corrected chi connectivity index (χ0v) is 12.3. The van der Waals surface area contributed by atoms with E-state index in [9.17, 15) is 9.59 Å². The quantitative estimate of drug-likeness (QED) is 0.892. The fraction of sp³-hybridized carbons (Fsp3) is 0.533. The van der Waals surface area contributed by atoms with Crippen LogP contribution in [0, 0.1) is 5.92 Å². The number of carboxylic acids is 1. The predicted molar refractivity (Wildman–Crippen MR) is 77.7 cm³/mol. The Bertz CT molecular complexity index is 506. The highest BCUT2D eigenvalue weighted by Gasteiger charge is 2.32. The van der Waals surface area contributed by atoms with E-state index in [1.165, 1.54) is 0 Å². The summed E-state index contributed by atoms with van der Waals surface area (Å²) in [7, 11) is 0. The number of piperidine rings is 1. The van der Waals surface area contributed by atoms with Crippen molar-refractivity contribution in [3.63, 3.8) is 0 Å². The van der Waals surface area contributed by atoms with Gasteiger partial charge >= 0.3 is 12.0 Å². The molecule has 1 aliphatic rings. The summed E-state index contributed by atoms with van der Waals surface area (Å²) in [5.74, 6) is -1.12. The second kappa shape index (κ2) is 6.56. The molecule has 2 amide bonds. The molecule has 1 aromatic rings. The molecule has 114 valence electrons. The number of aliphatic carboxylic acids is 1. The van der Waals surface area contributed by atoms with Gasteiger partial charge in [0.15, 0.2) is 0 Å². The van der Waals surface area contributed by atoms with E-state index in [1.807, 2.05) is 32.0 Å². The van der Waals surface area contributed by atoms with E-state index in [1.54, 1.807) is 11.1 Å². The van der Waals surface area contributed by atoms with Crippen molar-refractivity contribution in [2.24, 2.45) is 5.92 Å². The van der Waals surface area contributed by atoms with Crippen LogP contribution in [-0.4, -0.2) is 39.6 Å². The predicted octanol–water partition coefficient (Wildman–Crippen LogP) is 2.04. The van der Waals surface area contributed by atoms with Crippen molar-refractivity contribution < 1.29 is 14.7 Å². The topological polar surface area (TPSA) is 82.5 Å². The molecule has 0 aliphatic carbocycles. The summed E-state index contributed by atoms with van der Waals surface area (Å²) in [6, 6.07) is 5.16. The van der Waals surface area contributed by atoms with Gasteiger partial charge in [0.1, 0.15) is 0 Å². The van der Waals surface area contributed by atoms with E-state index in [2.05, 4.69) is 10.3 Å². The molecule has 6 nitrogen and oxygen atoms in total. The average molecular weight is 291 g/mol. The standard InChI is InChI=1S/C15H21N3O3/c1-10-9-12(14(19)20)6-8-18(10)15(21)17-11(2)13-5-3-4-7-16-13/h3-5,7,10-12H,6,8-9H2,1-2H3,(H,17,21)(H,19,20). The van der Waals surface area contributed by atoms with E-state index in [4.69, 9.17) is 5.11 Å². The van der Waals surface area contributed by atoms with Gasteiger partial charge in [-0.05, 0) is 38.8 Å². The van der Waals surface area contributed by atoms with Crippen molar-refractivity contribution >= 4 is 12.0 Å². The minimum absolute atomic E-state index is 0.0733. The van der Waals surface area contributed by atoms with Crippen molar-refractivity contribution in [3.8, 4) is 0 Å². The largest absolute Gasteiger partial charge is 0.481 e. The molecule has 2 N–H and O–H groups in total. The van der Waals surface area contributed by atoms with Gasteiger partial charge in [0.2, 0.25) is 0 Å². The summed E-state index contributed by atoms with van der Waals surface area (Å²) in [5.41, 5.74) is 0.805. The number of carboxylic acid groups (broad SMARTS) is 1. The molecule has 0 aromatic carbocycles. The first-order valence-electron chi connectivity index (χ1n) is 7.20. The first-order valence-corrected chi connectivity index (χ1v) is 7.20. The number of urea groups is 1. The molecule has 1 saturated heterocycles. The van der Waals surface area contributed by atoms with Crippen LogP contribution >= 0.6 is 0 Å². The van der Waals surface area contributed by atoms with Crippen LogP contribution in [-0.2, 0) is 4.79 Å². The minimum atomic E-state index is -0.774. The monoisotopic (exact) mass is 291 g/mol. The van der Waals surface area contributed by atoms with Crippen LogP contribution < -0.4 is 5.32 Å². The van der Waals surface area contributed by atoms with Gasteiger partial charge in [-0.15, -0.1) is 0 Å². The molecule has 21 heavy (non-hydrogen) atoms. The van der Waals surface area contributed by atoms with E-state index in [-0.39, 0.29) is 24.0 Å². The molecule has 2 heterocycles. The molecule has 0 saturated carbocycles. The first kappa shape index (κ1) is 15.3. The van der Waals surface area contributed by atoms with Crippen molar-refractivity contribution in [3.05, 3.63) is 30.1 Å². The molecule has 0 radical (unpaired) electrons. The first-order chi connectivity index (χ1) is 9.99. The Morgan fingerprint density at radius 3 is 2.81 bits per heavy atom. The minimum Gasteiger partial charge on any atom is -0.481 e. The number of carbonyl (C=O) groups excluding carboxylic acids is 1. The molecular weight excluding hydrogens is 270 g/mol. The smallest absolute Gasteiger partial charge is 0.318 e. The summed E-state index contributed by atoms with van der Waals surface area (Å²) in [4.78, 5) is 29.2. The molecule has 1 aliphatic heterocycles. The van der Waals surface area contributed by atoms with E-state index >= 15 is 0 Å². The van der Waals surface area contributed by atoms with Gasteiger partial charge in [0.25, 0.3) is 0 Å². The Morgan fingerprint density at radius 2 is 2.24 bits per heavy atom. The third-order valence-corrected chi connectivity index (χ3v) is 3.96. The van der Waals surface area contributed by atoms with Crippen LogP contribution in [0.1, 0.15) is 38.4 Å². The molecular formula is C15H21N3O3. The van der Waals surface area contributed by atoms with Gasteiger partial charge in [-0.25, -0.2) is 4.79 Å². The third-order valence-electron chi connectivity index (χ3n) is 3.96. The number of hydrogen-bond donors (Lipinski definition) is 2. The van der Waals surface area contributed by atoms with Crippen molar-refractivity contribution in [1.82, 2.24) is 15.2 Å². The molecule has 3 unspecified atom stereocenters. The highest BCUT2D eigenvalue weighted by molar-refractivity contribution is 5.76. The summed E-state index contributed by atoms with van der Waals surface area (Å²) < 4.78 is 0. The van der Waals surface area contributed by atoms with Gasteiger partial charge in [-0.1, -0.05) is 6.07 Å². The Labute approximate surface area is 124 Å². The fourth-order valence-corrected chi connectivity index (χ4v) is 2.67. The number of amides is 2. The molecule has 0 bridgehead atoms. The highest BCUT2D eigenvalue weighted by atomic mass is 16.4. The third kappa shape index (κ3) is 3.71. The highest BCUT2D eigenvalue weighted by Crippen LogP contribution is 2.23. The van der Waals surface area contributed by atoms with Gasteiger partial charge in [-0.2, -0.15) is 0 Å². The molecule has 3 atom stereocenters. The molecule has 1 aromatic heterocycles. The van der Waals surface area contributed by atoms with E-state index in [0.717, 1.165) is 5.69 Å². The Hall–Kier alpha value is -2.11. The van der Waals surface area contributed by atoms with E-state index < -0.39 is 5.97 Å². The van der Waals surface area contributed by atoms with Crippen LogP contribution in [0.25, 0.3) is 0 Å². The molecule has 0 spiro atoms. The zero-order valence-electron chi connectivity index (χ0n) is 12.3. The fourth-order valence-electron chi connectivity index (χ4n) is 2.67. The SMILES string of the molecule is CC(NC(=O)N1CCC(C(=O)O)CC1C)c1ccccn1. The lowest BCUT2D eigenvalue weighted by atomic mass is 9.92. The van der Waals surface area contributed by atoms with Crippen LogP contribution in [0.3, 0.4) is 0 Å². The van der Waals surface area contributed by atoms with Crippen molar-refractivity contribution in [1.29, 1.82) is 0 Å². The van der Waals surface area contributed by atoms with Crippen LogP contribution in [0.2, 0.25) is 0 Å². The summed E-state index contributed by atoms with van der Waals surface area (Å²) in [6.07, 6.45) is 2.70. The number of hydrogen-bond acceptors (Lipinski definition) is 3. The van der Waals surface area contributed by atoms with Gasteiger partial charge in [0, 0.05) is 18.8 Å². The number of likely N-dealkylation sites (tertiary alicyclic amines) is 1. The number of rotatable bonds is 3. The summed E-state index contributed by atoms with van der Waals surface area (Å²) >= 11 is 0. The maximum Gasteiger partial charge on any atom is 0.318 e. The second-order valence-electron chi connectivity index (χ2n) is 5.53. The van der Waals surface area contributed by atoms with Crippen LogP contribution in [0.15, 0.2) is 24.4 Å². The molecule has 6 heteroatoms. The van der Waals surface area contributed by atoms with Gasteiger partial charge < -0.3 is 15.3 Å². The van der Waals surface area contributed by atoms with Crippen LogP contribution in [0.5, 0.6) is 0 Å². The normalized spacial score (nSPS) is 23.4. The van der Waals surface area contributed by atoms with Crippen LogP contribution in [0.4, 0.5) is 4.79 Å². The summed E-state index contributed by atoms with van der Waals surface area (Å²) in [6.45, 7) is 4.24. The summed E-state index contributed by atoms with van der Waals surface area (Å²) in [5, 5.41) is 12.0. The number of nitrogens with one attached hydrogen (secondary N) is 1. The lowest BCUT2D eigenvalue weighted by Crippen LogP contribution is -2.50. The Balaban J connectivity index is 1.93. The number of pyridine rings is 1. The number of nitrogens with zero attached hydrogens (tertiary/aromatic N) is 2. The molecule has 1 fully saturated rings. The average Bonchev–Trinajstić information content (AvgIpc) is 2.47. The van der Waals surface area contributed by atoms with Gasteiger partial charge in [0.05, 0.1) is 17.7 Å². The Morgan fingerprint density at radius 1 is 1.48 bits per heavy atom. The van der Waals surface area contributed by atoms with Crippen molar-refractivity contribution in [2.75, 3.05) is 6.54 Å².